The molecule has 0 aliphatic heterocycles. The molecule has 0 radical (unpaired) electrons. The smallest absolute Gasteiger partial charge is 0.0393 e. The van der Waals surface area contributed by atoms with E-state index in [9.17, 15) is 0 Å². The summed E-state index contributed by atoms with van der Waals surface area (Å²) < 4.78 is 0. The quantitative estimate of drug-likeness (QED) is 0.646. The van der Waals surface area contributed by atoms with Crippen LogP contribution in [0.2, 0.25) is 0 Å². The van der Waals surface area contributed by atoms with Crippen molar-refractivity contribution in [3.8, 4) is 11.1 Å². The highest BCUT2D eigenvalue weighted by Crippen LogP contribution is 2.25. The lowest BCUT2D eigenvalue weighted by Crippen LogP contribution is -1.89. The Morgan fingerprint density at radius 2 is 1.60 bits per heavy atom. The van der Waals surface area contributed by atoms with Crippen molar-refractivity contribution in [2.45, 2.75) is 5.33 Å². The minimum absolute atomic E-state index is 0.823. The van der Waals surface area contributed by atoms with Crippen molar-refractivity contribution < 1.29 is 0 Å². The third-order valence-electron chi connectivity index (χ3n) is 2.38. The number of para-hydroxylation sites is 1. The second-order valence-corrected chi connectivity index (χ2v) is 3.98. The summed E-state index contributed by atoms with van der Waals surface area (Å²) in [5, 5.41) is 0.886. The summed E-state index contributed by atoms with van der Waals surface area (Å²) in [6.45, 7) is 0. The number of anilines is 1. The monoisotopic (exact) mass is 261 g/mol. The molecule has 0 amide bonds. The number of alkyl halides is 1. The maximum atomic E-state index is 5.91. The van der Waals surface area contributed by atoms with E-state index in [1.165, 1.54) is 5.56 Å². The summed E-state index contributed by atoms with van der Waals surface area (Å²) in [7, 11) is 0. The molecule has 2 aromatic carbocycles. The van der Waals surface area contributed by atoms with Crippen LogP contribution < -0.4 is 5.73 Å². The van der Waals surface area contributed by atoms with Crippen LogP contribution in [0.5, 0.6) is 0 Å². The van der Waals surface area contributed by atoms with Gasteiger partial charge in [0.25, 0.3) is 0 Å². The number of benzene rings is 2. The minimum Gasteiger partial charge on any atom is -0.398 e. The summed E-state index contributed by atoms with van der Waals surface area (Å²) in [5.74, 6) is 0. The van der Waals surface area contributed by atoms with Crippen molar-refractivity contribution in [2.75, 3.05) is 5.73 Å². The highest BCUT2D eigenvalue weighted by Gasteiger charge is 2.00. The molecule has 0 saturated heterocycles. The van der Waals surface area contributed by atoms with Crippen molar-refractivity contribution in [2.24, 2.45) is 0 Å². The summed E-state index contributed by atoms with van der Waals surface area (Å²) in [5.41, 5.74) is 10.3. The predicted molar refractivity (Wildman–Crippen MR) is 68.9 cm³/mol. The highest BCUT2D eigenvalue weighted by atomic mass is 79.9. The van der Waals surface area contributed by atoms with Crippen molar-refractivity contribution >= 4 is 21.6 Å². The standard InChI is InChI=1S/C13H12BrN/c14-9-10-5-7-11(8-6-10)12-3-1-2-4-13(12)15/h1-8H,9,15H2. The van der Waals surface area contributed by atoms with E-state index in [4.69, 9.17) is 5.73 Å². The molecule has 2 rings (SSSR count). The maximum absolute atomic E-state index is 5.91. The first-order valence-electron chi connectivity index (χ1n) is 4.81. The molecule has 0 aromatic heterocycles. The Kier molecular flexibility index (Phi) is 3.07. The van der Waals surface area contributed by atoms with Gasteiger partial charge in [-0.3, -0.25) is 0 Å². The van der Waals surface area contributed by atoms with Crippen LogP contribution >= 0.6 is 15.9 Å². The average molecular weight is 262 g/mol. The second-order valence-electron chi connectivity index (χ2n) is 3.42. The number of hydrogen-bond donors (Lipinski definition) is 1. The SMILES string of the molecule is Nc1ccccc1-c1ccc(CBr)cc1. The van der Waals surface area contributed by atoms with Crippen LogP contribution in [0.15, 0.2) is 48.5 Å². The molecule has 0 heterocycles. The van der Waals surface area contributed by atoms with Gasteiger partial charge in [-0.15, -0.1) is 0 Å². The van der Waals surface area contributed by atoms with E-state index in [0.29, 0.717) is 0 Å². The van der Waals surface area contributed by atoms with E-state index in [-0.39, 0.29) is 0 Å². The van der Waals surface area contributed by atoms with E-state index in [1.807, 2.05) is 24.3 Å². The van der Waals surface area contributed by atoms with Crippen LogP contribution in [-0.4, -0.2) is 0 Å². The number of nitrogens with two attached hydrogens (primary N) is 1. The van der Waals surface area contributed by atoms with Gasteiger partial charge in [-0.25, -0.2) is 0 Å². The molecule has 0 atom stereocenters. The zero-order chi connectivity index (χ0) is 10.7. The largest absolute Gasteiger partial charge is 0.398 e. The van der Waals surface area contributed by atoms with Crippen molar-refractivity contribution in [3.05, 3.63) is 54.1 Å². The maximum Gasteiger partial charge on any atom is 0.0393 e. The molecule has 2 aromatic rings. The highest BCUT2D eigenvalue weighted by molar-refractivity contribution is 9.08. The Morgan fingerprint density at radius 1 is 0.933 bits per heavy atom. The fourth-order valence-electron chi connectivity index (χ4n) is 1.53. The van der Waals surface area contributed by atoms with Crippen LogP contribution in [0.4, 0.5) is 5.69 Å². The van der Waals surface area contributed by atoms with Crippen LogP contribution in [0.1, 0.15) is 5.56 Å². The predicted octanol–water partition coefficient (Wildman–Crippen LogP) is 3.83. The van der Waals surface area contributed by atoms with Crippen molar-refractivity contribution in [1.29, 1.82) is 0 Å². The lowest BCUT2D eigenvalue weighted by atomic mass is 10.0. The Balaban J connectivity index is 2.42. The number of hydrogen-bond acceptors (Lipinski definition) is 1. The van der Waals surface area contributed by atoms with Gasteiger partial charge in [0.1, 0.15) is 0 Å². The zero-order valence-electron chi connectivity index (χ0n) is 8.28. The molecule has 0 aliphatic carbocycles. The first-order valence-corrected chi connectivity index (χ1v) is 5.93. The Bertz CT molecular complexity index is 448. The fraction of sp³-hybridized carbons (Fsp3) is 0.0769. The molecule has 1 nitrogen and oxygen atoms in total. The first kappa shape index (κ1) is 10.2. The minimum atomic E-state index is 0.823. The van der Waals surface area contributed by atoms with Crippen molar-refractivity contribution in [3.63, 3.8) is 0 Å². The van der Waals surface area contributed by atoms with Gasteiger partial charge in [0.05, 0.1) is 0 Å². The van der Waals surface area contributed by atoms with E-state index in [2.05, 4.69) is 40.2 Å². The van der Waals surface area contributed by atoms with Gasteiger partial charge in [0.2, 0.25) is 0 Å². The lowest BCUT2D eigenvalue weighted by molar-refractivity contribution is 1.44. The van der Waals surface area contributed by atoms with Gasteiger partial charge in [0.15, 0.2) is 0 Å². The van der Waals surface area contributed by atoms with Gasteiger partial charge in [-0.2, -0.15) is 0 Å². The van der Waals surface area contributed by atoms with Gasteiger partial charge in [-0.1, -0.05) is 58.4 Å². The van der Waals surface area contributed by atoms with Crippen LogP contribution in [0.25, 0.3) is 11.1 Å². The first-order chi connectivity index (χ1) is 7.31. The van der Waals surface area contributed by atoms with Crippen LogP contribution in [0, 0.1) is 0 Å². The third kappa shape index (κ3) is 2.21. The van der Waals surface area contributed by atoms with Crippen LogP contribution in [-0.2, 0) is 5.33 Å². The molecule has 2 heteroatoms. The number of rotatable bonds is 2. The Morgan fingerprint density at radius 3 is 2.20 bits per heavy atom. The molecule has 2 N–H and O–H groups in total. The molecule has 0 fully saturated rings. The van der Waals surface area contributed by atoms with Crippen LogP contribution in [0.3, 0.4) is 0 Å². The van der Waals surface area contributed by atoms with Gasteiger partial charge >= 0.3 is 0 Å². The van der Waals surface area contributed by atoms with E-state index < -0.39 is 0 Å². The van der Waals surface area contributed by atoms with E-state index in [1.54, 1.807) is 0 Å². The number of halogens is 1. The van der Waals surface area contributed by atoms with Gasteiger partial charge < -0.3 is 5.73 Å². The van der Waals surface area contributed by atoms with Crippen molar-refractivity contribution in [1.82, 2.24) is 0 Å². The molecular weight excluding hydrogens is 250 g/mol. The topological polar surface area (TPSA) is 26.0 Å². The Hall–Kier alpha value is -1.28. The summed E-state index contributed by atoms with van der Waals surface area (Å²) in [4.78, 5) is 0. The molecule has 0 unspecified atom stereocenters. The van der Waals surface area contributed by atoms with Gasteiger partial charge in [-0.05, 0) is 17.2 Å². The molecule has 0 spiro atoms. The van der Waals surface area contributed by atoms with Gasteiger partial charge in [0, 0.05) is 16.6 Å². The summed E-state index contributed by atoms with van der Waals surface area (Å²) >= 11 is 3.43. The Labute approximate surface area is 98.1 Å². The summed E-state index contributed by atoms with van der Waals surface area (Å²) in [6.07, 6.45) is 0. The van der Waals surface area contributed by atoms with E-state index >= 15 is 0 Å². The zero-order valence-corrected chi connectivity index (χ0v) is 9.87. The molecule has 15 heavy (non-hydrogen) atoms. The molecule has 0 bridgehead atoms. The molecular formula is C13H12BrN. The third-order valence-corrected chi connectivity index (χ3v) is 3.03. The molecule has 76 valence electrons. The summed E-state index contributed by atoms with van der Waals surface area (Å²) in [6, 6.07) is 16.3. The molecule has 0 aliphatic rings. The normalized spacial score (nSPS) is 10.2. The fourth-order valence-corrected chi connectivity index (χ4v) is 1.91. The van der Waals surface area contributed by atoms with E-state index in [0.717, 1.165) is 22.1 Å². The lowest BCUT2D eigenvalue weighted by Gasteiger charge is -2.05. The average Bonchev–Trinajstić information content (AvgIpc) is 2.30. The molecule has 0 saturated carbocycles. The second kappa shape index (κ2) is 4.49. The number of nitrogen functional groups attached to an aromatic ring is 1.